The standard InChI is InChI=1S/C21H24N2O4/c1-3-4-13-27-21(26)17-7-5-6-8-18(17)23-20(25)19(24)22-14-16-11-9-15(2)10-12-16/h5-12H,3-4,13-14H2,1-2H3,(H,22,24)(H,23,25). The van der Waals surface area contributed by atoms with Crippen LogP contribution in [0.25, 0.3) is 0 Å². The number of carbonyl (C=O) groups excluding carboxylic acids is 3. The Kier molecular flexibility index (Phi) is 7.55. The lowest BCUT2D eigenvalue weighted by Gasteiger charge is -2.11. The molecule has 0 saturated heterocycles. The van der Waals surface area contributed by atoms with Crippen LogP contribution in [0.3, 0.4) is 0 Å². The number of carbonyl (C=O) groups is 3. The summed E-state index contributed by atoms with van der Waals surface area (Å²) in [4.78, 5) is 36.3. The SMILES string of the molecule is CCCCOC(=O)c1ccccc1NC(=O)C(=O)NCc1ccc(C)cc1. The van der Waals surface area contributed by atoms with Gasteiger partial charge in [-0.05, 0) is 31.0 Å². The van der Waals surface area contributed by atoms with Crippen molar-refractivity contribution in [2.75, 3.05) is 11.9 Å². The molecule has 2 aromatic rings. The van der Waals surface area contributed by atoms with E-state index in [1.807, 2.05) is 38.1 Å². The summed E-state index contributed by atoms with van der Waals surface area (Å²) in [5.74, 6) is -2.14. The number of esters is 1. The van der Waals surface area contributed by atoms with Gasteiger partial charge in [0.15, 0.2) is 0 Å². The van der Waals surface area contributed by atoms with Crippen molar-refractivity contribution >= 4 is 23.5 Å². The second-order valence-electron chi connectivity index (χ2n) is 6.16. The van der Waals surface area contributed by atoms with Crippen LogP contribution in [0.2, 0.25) is 0 Å². The number of anilines is 1. The largest absolute Gasteiger partial charge is 0.462 e. The minimum atomic E-state index is -0.837. The molecule has 0 fully saturated rings. The van der Waals surface area contributed by atoms with Gasteiger partial charge in [-0.15, -0.1) is 0 Å². The molecule has 142 valence electrons. The van der Waals surface area contributed by atoms with Gasteiger partial charge in [0.05, 0.1) is 17.9 Å². The monoisotopic (exact) mass is 368 g/mol. The number of amides is 2. The van der Waals surface area contributed by atoms with Crippen LogP contribution in [0.1, 0.15) is 41.3 Å². The molecule has 2 N–H and O–H groups in total. The molecule has 2 amide bonds. The van der Waals surface area contributed by atoms with E-state index in [9.17, 15) is 14.4 Å². The second kappa shape index (κ2) is 10.1. The second-order valence-corrected chi connectivity index (χ2v) is 6.16. The highest BCUT2D eigenvalue weighted by atomic mass is 16.5. The molecule has 6 heteroatoms. The Labute approximate surface area is 158 Å². The molecular formula is C21H24N2O4. The van der Waals surface area contributed by atoms with Gasteiger partial charge in [0, 0.05) is 6.54 Å². The maximum absolute atomic E-state index is 12.2. The predicted octanol–water partition coefficient (Wildman–Crippen LogP) is 3.21. The molecule has 0 heterocycles. The summed E-state index contributed by atoms with van der Waals surface area (Å²) in [6.45, 7) is 4.53. The van der Waals surface area contributed by atoms with E-state index in [-0.39, 0.29) is 17.8 Å². The van der Waals surface area contributed by atoms with Gasteiger partial charge < -0.3 is 15.4 Å². The van der Waals surface area contributed by atoms with Crippen LogP contribution in [0.5, 0.6) is 0 Å². The summed E-state index contributed by atoms with van der Waals surface area (Å²) in [5.41, 5.74) is 2.47. The highest BCUT2D eigenvalue weighted by Gasteiger charge is 2.18. The fourth-order valence-electron chi connectivity index (χ4n) is 2.30. The number of hydrogen-bond acceptors (Lipinski definition) is 4. The number of aryl methyl sites for hydroxylation is 1. The van der Waals surface area contributed by atoms with Crippen molar-refractivity contribution in [1.29, 1.82) is 0 Å². The Morgan fingerprint density at radius 2 is 1.67 bits per heavy atom. The molecule has 6 nitrogen and oxygen atoms in total. The van der Waals surface area contributed by atoms with E-state index in [1.54, 1.807) is 24.3 Å². The Balaban J connectivity index is 1.95. The van der Waals surface area contributed by atoms with Crippen molar-refractivity contribution in [2.24, 2.45) is 0 Å². The molecule has 0 aliphatic heterocycles. The number of hydrogen-bond donors (Lipinski definition) is 2. The lowest BCUT2D eigenvalue weighted by atomic mass is 10.1. The average Bonchev–Trinajstić information content (AvgIpc) is 2.67. The highest BCUT2D eigenvalue weighted by molar-refractivity contribution is 6.39. The van der Waals surface area contributed by atoms with Crippen molar-refractivity contribution in [3.05, 3.63) is 65.2 Å². The van der Waals surface area contributed by atoms with E-state index in [0.717, 1.165) is 24.0 Å². The first kappa shape index (κ1) is 20.2. The lowest BCUT2D eigenvalue weighted by Crippen LogP contribution is -2.35. The first-order valence-corrected chi connectivity index (χ1v) is 8.92. The van der Waals surface area contributed by atoms with Crippen LogP contribution in [0.15, 0.2) is 48.5 Å². The first-order valence-electron chi connectivity index (χ1n) is 8.92. The van der Waals surface area contributed by atoms with Gasteiger partial charge in [-0.1, -0.05) is 55.3 Å². The van der Waals surface area contributed by atoms with E-state index in [1.165, 1.54) is 0 Å². The molecule has 0 unspecified atom stereocenters. The van der Waals surface area contributed by atoms with Gasteiger partial charge in [-0.2, -0.15) is 0 Å². The van der Waals surface area contributed by atoms with Crippen LogP contribution in [-0.4, -0.2) is 24.4 Å². The number of para-hydroxylation sites is 1. The molecule has 2 rings (SSSR count). The average molecular weight is 368 g/mol. The van der Waals surface area contributed by atoms with Gasteiger partial charge in [0.2, 0.25) is 0 Å². The molecule has 0 saturated carbocycles. The zero-order valence-electron chi connectivity index (χ0n) is 15.6. The number of ether oxygens (including phenoxy) is 1. The topological polar surface area (TPSA) is 84.5 Å². The highest BCUT2D eigenvalue weighted by Crippen LogP contribution is 2.16. The van der Waals surface area contributed by atoms with Crippen LogP contribution in [0.4, 0.5) is 5.69 Å². The van der Waals surface area contributed by atoms with Crippen LogP contribution >= 0.6 is 0 Å². The third-order valence-electron chi connectivity index (χ3n) is 3.91. The van der Waals surface area contributed by atoms with Gasteiger partial charge >= 0.3 is 17.8 Å². The van der Waals surface area contributed by atoms with Gasteiger partial charge in [-0.25, -0.2) is 4.79 Å². The molecule has 0 aromatic heterocycles. The van der Waals surface area contributed by atoms with Gasteiger partial charge in [-0.3, -0.25) is 9.59 Å². The molecular weight excluding hydrogens is 344 g/mol. The van der Waals surface area contributed by atoms with Crippen LogP contribution in [-0.2, 0) is 20.9 Å². The number of nitrogens with one attached hydrogen (secondary N) is 2. The minimum Gasteiger partial charge on any atom is -0.462 e. The molecule has 0 aliphatic rings. The summed E-state index contributed by atoms with van der Waals surface area (Å²) in [6.07, 6.45) is 1.68. The number of rotatable bonds is 7. The fraction of sp³-hybridized carbons (Fsp3) is 0.286. The Bertz CT molecular complexity index is 800. The molecule has 0 bridgehead atoms. The van der Waals surface area contributed by atoms with E-state index in [4.69, 9.17) is 4.74 Å². The minimum absolute atomic E-state index is 0.216. The molecule has 0 radical (unpaired) electrons. The van der Waals surface area contributed by atoms with Crippen molar-refractivity contribution in [3.63, 3.8) is 0 Å². The molecule has 0 atom stereocenters. The van der Waals surface area contributed by atoms with Crippen molar-refractivity contribution in [2.45, 2.75) is 33.2 Å². The summed E-state index contributed by atoms with van der Waals surface area (Å²) >= 11 is 0. The zero-order valence-corrected chi connectivity index (χ0v) is 15.6. The Morgan fingerprint density at radius 3 is 2.37 bits per heavy atom. The lowest BCUT2D eigenvalue weighted by molar-refractivity contribution is -0.136. The van der Waals surface area contributed by atoms with E-state index in [2.05, 4.69) is 10.6 Å². The zero-order chi connectivity index (χ0) is 19.6. The maximum Gasteiger partial charge on any atom is 0.340 e. The predicted molar refractivity (Wildman–Crippen MR) is 103 cm³/mol. The van der Waals surface area contributed by atoms with Crippen molar-refractivity contribution in [1.82, 2.24) is 5.32 Å². The normalized spacial score (nSPS) is 10.1. The van der Waals surface area contributed by atoms with Gasteiger partial charge in [0.25, 0.3) is 0 Å². The molecule has 2 aromatic carbocycles. The third kappa shape index (κ3) is 6.26. The molecule has 27 heavy (non-hydrogen) atoms. The van der Waals surface area contributed by atoms with Crippen LogP contribution in [0, 0.1) is 6.92 Å². The first-order chi connectivity index (χ1) is 13.0. The van der Waals surface area contributed by atoms with E-state index >= 15 is 0 Å². The number of benzene rings is 2. The summed E-state index contributed by atoms with van der Waals surface area (Å²) in [6, 6.07) is 14.1. The summed E-state index contributed by atoms with van der Waals surface area (Å²) < 4.78 is 5.18. The fourth-order valence-corrected chi connectivity index (χ4v) is 2.30. The smallest absolute Gasteiger partial charge is 0.340 e. The Hall–Kier alpha value is -3.15. The van der Waals surface area contributed by atoms with Gasteiger partial charge in [0.1, 0.15) is 0 Å². The van der Waals surface area contributed by atoms with Crippen LogP contribution < -0.4 is 10.6 Å². The van der Waals surface area contributed by atoms with Crippen molar-refractivity contribution in [3.8, 4) is 0 Å². The summed E-state index contributed by atoms with van der Waals surface area (Å²) in [7, 11) is 0. The number of unbranched alkanes of at least 4 members (excludes halogenated alkanes) is 1. The van der Waals surface area contributed by atoms with Crippen molar-refractivity contribution < 1.29 is 19.1 Å². The quantitative estimate of drug-likeness (QED) is 0.446. The van der Waals surface area contributed by atoms with E-state index in [0.29, 0.717) is 6.61 Å². The molecule has 0 aliphatic carbocycles. The van der Waals surface area contributed by atoms with E-state index < -0.39 is 17.8 Å². The molecule has 0 spiro atoms. The Morgan fingerprint density at radius 1 is 0.963 bits per heavy atom. The summed E-state index contributed by atoms with van der Waals surface area (Å²) in [5, 5.41) is 5.04. The third-order valence-corrected chi connectivity index (χ3v) is 3.91. The maximum atomic E-state index is 12.2.